The van der Waals surface area contributed by atoms with Crippen molar-refractivity contribution in [3.05, 3.63) is 79.1 Å². The third kappa shape index (κ3) is 4.75. The zero-order valence-corrected chi connectivity index (χ0v) is 17.9. The molecule has 2 heterocycles. The molecule has 156 valence electrons. The quantitative estimate of drug-likeness (QED) is 0.435. The average molecular weight is 432 g/mol. The van der Waals surface area contributed by atoms with E-state index in [1.807, 2.05) is 72.2 Å². The predicted octanol–water partition coefficient (Wildman–Crippen LogP) is 4.46. The Bertz CT molecular complexity index is 1170. The molecule has 1 unspecified atom stereocenters. The number of hydrogen-bond donors (Lipinski definition) is 1. The molecule has 2 aromatic carbocycles. The van der Waals surface area contributed by atoms with Crippen molar-refractivity contribution in [2.75, 3.05) is 12.4 Å². The molecule has 0 aliphatic rings. The smallest absolute Gasteiger partial charge is 0.237 e. The average Bonchev–Trinajstić information content (AvgIpc) is 3.23. The summed E-state index contributed by atoms with van der Waals surface area (Å²) in [5, 5.41) is 11.9. The van der Waals surface area contributed by atoms with E-state index in [2.05, 4.69) is 20.5 Å². The number of anilines is 1. The highest BCUT2D eigenvalue weighted by atomic mass is 32.2. The molecule has 4 aromatic rings. The second kappa shape index (κ2) is 9.44. The number of aromatic nitrogens is 4. The molecule has 0 aliphatic heterocycles. The third-order valence-corrected chi connectivity index (χ3v) is 5.62. The molecule has 1 amide bonds. The predicted molar refractivity (Wildman–Crippen MR) is 122 cm³/mol. The molecule has 31 heavy (non-hydrogen) atoms. The number of benzene rings is 2. The lowest BCUT2D eigenvalue weighted by molar-refractivity contribution is -0.115. The van der Waals surface area contributed by atoms with Crippen LogP contribution in [0, 0.1) is 0 Å². The highest BCUT2D eigenvalue weighted by Crippen LogP contribution is 2.30. The fraction of sp³-hybridized carbons (Fsp3) is 0.130. The summed E-state index contributed by atoms with van der Waals surface area (Å²) in [6.45, 7) is 1.84. The fourth-order valence-corrected chi connectivity index (χ4v) is 3.87. The van der Waals surface area contributed by atoms with E-state index in [9.17, 15) is 4.79 Å². The number of para-hydroxylation sites is 1. The van der Waals surface area contributed by atoms with Crippen LogP contribution in [0.2, 0.25) is 0 Å². The van der Waals surface area contributed by atoms with Gasteiger partial charge in [0, 0.05) is 35.4 Å². The van der Waals surface area contributed by atoms with Crippen LogP contribution >= 0.6 is 11.8 Å². The van der Waals surface area contributed by atoms with Crippen molar-refractivity contribution in [2.45, 2.75) is 17.3 Å². The number of thioether (sulfide) groups is 1. The Morgan fingerprint density at radius 3 is 2.55 bits per heavy atom. The summed E-state index contributed by atoms with van der Waals surface area (Å²) in [6, 6.07) is 20.9. The number of ether oxygens (including phenoxy) is 1. The van der Waals surface area contributed by atoms with E-state index in [1.165, 1.54) is 11.8 Å². The van der Waals surface area contributed by atoms with Crippen LogP contribution in [0.4, 0.5) is 5.69 Å². The number of hydrogen-bond acceptors (Lipinski definition) is 6. The van der Waals surface area contributed by atoms with Gasteiger partial charge in [-0.25, -0.2) is 0 Å². The number of carbonyl (C=O) groups excluding carboxylic acids is 1. The molecule has 8 heteroatoms. The largest absolute Gasteiger partial charge is 0.497 e. The van der Waals surface area contributed by atoms with Crippen molar-refractivity contribution in [1.82, 2.24) is 19.7 Å². The number of carbonyl (C=O) groups is 1. The Kier molecular flexibility index (Phi) is 6.28. The first-order chi connectivity index (χ1) is 15.2. The Labute approximate surface area is 184 Å². The van der Waals surface area contributed by atoms with Crippen LogP contribution in [0.25, 0.3) is 17.1 Å². The maximum atomic E-state index is 12.8. The monoisotopic (exact) mass is 431 g/mol. The maximum Gasteiger partial charge on any atom is 0.237 e. The first-order valence-corrected chi connectivity index (χ1v) is 10.6. The topological polar surface area (TPSA) is 81.9 Å². The number of amides is 1. The van der Waals surface area contributed by atoms with Gasteiger partial charge in [-0.15, -0.1) is 10.2 Å². The van der Waals surface area contributed by atoms with Crippen molar-refractivity contribution < 1.29 is 9.53 Å². The van der Waals surface area contributed by atoms with Crippen LogP contribution in [-0.4, -0.2) is 38.0 Å². The highest BCUT2D eigenvalue weighted by molar-refractivity contribution is 8.00. The molecule has 4 rings (SSSR count). The van der Waals surface area contributed by atoms with Gasteiger partial charge in [0.2, 0.25) is 5.91 Å². The van der Waals surface area contributed by atoms with E-state index in [-0.39, 0.29) is 5.91 Å². The number of rotatable bonds is 7. The Balaban J connectivity index is 1.60. The molecule has 0 aliphatic carbocycles. The minimum atomic E-state index is -0.400. The minimum Gasteiger partial charge on any atom is -0.497 e. The van der Waals surface area contributed by atoms with Crippen molar-refractivity contribution in [3.8, 4) is 22.8 Å². The lowest BCUT2D eigenvalue weighted by atomic mass is 10.2. The molecule has 0 saturated heterocycles. The maximum absolute atomic E-state index is 12.8. The van der Waals surface area contributed by atoms with Gasteiger partial charge in [-0.2, -0.15) is 0 Å². The van der Waals surface area contributed by atoms with Crippen molar-refractivity contribution in [3.63, 3.8) is 0 Å². The molecule has 1 atom stereocenters. The van der Waals surface area contributed by atoms with Gasteiger partial charge < -0.3 is 10.1 Å². The molecule has 0 radical (unpaired) electrons. The SMILES string of the molecule is COc1cccc(NC(=O)C(C)Sc2nnc(-c3ccncc3)n2-c2ccccc2)c1. The molecule has 0 saturated carbocycles. The molecule has 7 nitrogen and oxygen atoms in total. The summed E-state index contributed by atoms with van der Waals surface area (Å²) in [5.41, 5.74) is 2.49. The van der Waals surface area contributed by atoms with Crippen molar-refractivity contribution in [2.24, 2.45) is 0 Å². The molecule has 1 N–H and O–H groups in total. The normalized spacial score (nSPS) is 11.7. The van der Waals surface area contributed by atoms with Gasteiger partial charge in [0.15, 0.2) is 11.0 Å². The summed E-state index contributed by atoms with van der Waals surface area (Å²) in [4.78, 5) is 16.9. The molecule has 0 bridgehead atoms. The van der Waals surface area contributed by atoms with Gasteiger partial charge in [0.25, 0.3) is 0 Å². The Morgan fingerprint density at radius 2 is 1.81 bits per heavy atom. The van der Waals surface area contributed by atoms with Crippen LogP contribution in [0.3, 0.4) is 0 Å². The van der Waals surface area contributed by atoms with E-state index in [1.54, 1.807) is 25.6 Å². The van der Waals surface area contributed by atoms with Gasteiger partial charge in [-0.3, -0.25) is 14.3 Å². The second-order valence-corrected chi connectivity index (χ2v) is 8.00. The summed E-state index contributed by atoms with van der Waals surface area (Å²) in [5.74, 6) is 1.24. The van der Waals surface area contributed by atoms with Gasteiger partial charge in [-0.1, -0.05) is 36.0 Å². The van der Waals surface area contributed by atoms with Crippen LogP contribution in [0.5, 0.6) is 5.75 Å². The van der Waals surface area contributed by atoms with Gasteiger partial charge >= 0.3 is 0 Å². The van der Waals surface area contributed by atoms with Gasteiger partial charge in [0.05, 0.1) is 12.4 Å². The standard InChI is InChI=1S/C23H21N5O2S/c1-16(22(29)25-18-7-6-10-20(15-18)30-2)31-23-27-26-21(17-11-13-24-14-12-17)28(23)19-8-4-3-5-9-19/h3-16H,1-2H3,(H,25,29). The van der Waals surface area contributed by atoms with Gasteiger partial charge in [-0.05, 0) is 43.3 Å². The first-order valence-electron chi connectivity index (χ1n) is 9.68. The van der Waals surface area contributed by atoms with E-state index >= 15 is 0 Å². The lowest BCUT2D eigenvalue weighted by Gasteiger charge is -2.14. The Hall–Kier alpha value is -3.65. The van der Waals surface area contributed by atoms with Crippen LogP contribution in [0.15, 0.2) is 84.3 Å². The second-order valence-electron chi connectivity index (χ2n) is 6.69. The summed E-state index contributed by atoms with van der Waals surface area (Å²) < 4.78 is 7.17. The molecular formula is C23H21N5O2S. The minimum absolute atomic E-state index is 0.133. The third-order valence-electron chi connectivity index (χ3n) is 4.57. The van der Waals surface area contributed by atoms with Crippen molar-refractivity contribution in [1.29, 1.82) is 0 Å². The summed E-state index contributed by atoms with van der Waals surface area (Å²) in [7, 11) is 1.59. The van der Waals surface area contributed by atoms with Crippen molar-refractivity contribution >= 4 is 23.4 Å². The Morgan fingerprint density at radius 1 is 1.03 bits per heavy atom. The van der Waals surface area contributed by atoms with Gasteiger partial charge in [0.1, 0.15) is 5.75 Å². The summed E-state index contributed by atoms with van der Waals surface area (Å²) in [6.07, 6.45) is 3.44. The molecule has 2 aromatic heterocycles. The summed E-state index contributed by atoms with van der Waals surface area (Å²) >= 11 is 1.35. The molecular weight excluding hydrogens is 410 g/mol. The van der Waals surface area contributed by atoms with Crippen LogP contribution in [-0.2, 0) is 4.79 Å². The highest BCUT2D eigenvalue weighted by Gasteiger charge is 2.22. The number of methoxy groups -OCH3 is 1. The molecule has 0 fully saturated rings. The zero-order chi connectivity index (χ0) is 21.6. The lowest BCUT2D eigenvalue weighted by Crippen LogP contribution is -2.22. The number of nitrogens with zero attached hydrogens (tertiary/aromatic N) is 4. The van der Waals surface area contributed by atoms with Crippen LogP contribution < -0.4 is 10.1 Å². The van der Waals surface area contributed by atoms with E-state index in [4.69, 9.17) is 4.74 Å². The van der Waals surface area contributed by atoms with Crippen LogP contribution in [0.1, 0.15) is 6.92 Å². The van der Waals surface area contributed by atoms with E-state index in [0.717, 1.165) is 11.3 Å². The zero-order valence-electron chi connectivity index (χ0n) is 17.1. The first kappa shape index (κ1) is 20.6. The van der Waals surface area contributed by atoms with E-state index < -0.39 is 5.25 Å². The fourth-order valence-electron chi connectivity index (χ4n) is 3.00. The molecule has 0 spiro atoms. The van der Waals surface area contributed by atoms with E-state index in [0.29, 0.717) is 22.4 Å². The number of pyridine rings is 1. The number of nitrogens with one attached hydrogen (secondary N) is 1.